The molecule has 0 fully saturated rings. The molecule has 0 amide bonds. The Morgan fingerprint density at radius 3 is 2.33 bits per heavy atom. The predicted molar refractivity (Wildman–Crippen MR) is 139 cm³/mol. The van der Waals surface area contributed by atoms with Gasteiger partial charge >= 0.3 is 0 Å². The van der Waals surface area contributed by atoms with Gasteiger partial charge in [0.1, 0.15) is 11.3 Å². The lowest BCUT2D eigenvalue weighted by atomic mass is 9.96. The van der Waals surface area contributed by atoms with Crippen LogP contribution in [0.1, 0.15) is 39.0 Å². The van der Waals surface area contributed by atoms with E-state index in [0.717, 1.165) is 10.6 Å². The topological polar surface area (TPSA) is 123 Å². The van der Waals surface area contributed by atoms with E-state index in [9.17, 15) is 19.8 Å². The zero-order valence-corrected chi connectivity index (χ0v) is 21.4. The Balaban J connectivity index is 1.81. The second kappa shape index (κ2) is 9.90. The van der Waals surface area contributed by atoms with Crippen LogP contribution in [-0.4, -0.2) is 39.8 Å². The Labute approximate surface area is 211 Å². The van der Waals surface area contributed by atoms with Gasteiger partial charge in [0.2, 0.25) is 5.75 Å². The average molecular weight is 510 g/mol. The van der Waals surface area contributed by atoms with Gasteiger partial charge < -0.3 is 29.6 Å². The normalized spacial score (nSPS) is 11.9. The van der Waals surface area contributed by atoms with Gasteiger partial charge in [0.05, 0.1) is 31.5 Å². The van der Waals surface area contributed by atoms with Crippen LogP contribution in [-0.2, 0) is 7.05 Å². The third-order valence-corrected chi connectivity index (χ3v) is 7.18. The molecule has 0 bridgehead atoms. The van der Waals surface area contributed by atoms with Crippen molar-refractivity contribution in [1.29, 1.82) is 0 Å². The molecular weight excluding hydrogens is 482 g/mol. The van der Waals surface area contributed by atoms with Crippen LogP contribution in [0.4, 0.5) is 5.13 Å². The maximum atomic E-state index is 13.6. The number of benzene rings is 2. The van der Waals surface area contributed by atoms with Crippen molar-refractivity contribution in [2.45, 2.75) is 26.3 Å². The number of hydrogen-bond donors (Lipinski definition) is 3. The quantitative estimate of drug-likeness (QED) is 0.298. The molecule has 0 saturated heterocycles. The second-order valence-electron chi connectivity index (χ2n) is 8.36. The molecule has 0 aliphatic carbocycles. The number of para-hydroxylation sites is 1. The van der Waals surface area contributed by atoms with E-state index in [4.69, 9.17) is 9.47 Å². The standard InChI is InChI=1S/C26H27N3O6S/c1-13-14(2)36-26(27-13)28-17(15-10-20(34-4)24(32)21(11-15)35-5)12-19(30)22-23(31)16-8-6-7-9-18(16)29(3)25(22)33/h6-11,17,31-32H,12H2,1-5H3,(H,27,28)/t17-/m1/s1. The molecule has 1 atom stereocenters. The molecule has 4 rings (SSSR count). The molecule has 36 heavy (non-hydrogen) atoms. The fraction of sp³-hybridized carbons (Fsp3) is 0.269. The van der Waals surface area contributed by atoms with Gasteiger partial charge in [0.25, 0.3) is 5.56 Å². The smallest absolute Gasteiger partial charge is 0.265 e. The van der Waals surface area contributed by atoms with Crippen LogP contribution in [0, 0.1) is 13.8 Å². The summed E-state index contributed by atoms with van der Waals surface area (Å²) in [6, 6.07) is 9.36. The van der Waals surface area contributed by atoms with E-state index in [-0.39, 0.29) is 35.0 Å². The molecular formula is C26H27N3O6S. The Bertz CT molecular complexity index is 1480. The fourth-order valence-electron chi connectivity index (χ4n) is 4.07. The molecule has 2 aromatic heterocycles. The van der Waals surface area contributed by atoms with Crippen LogP contribution in [0.15, 0.2) is 41.2 Å². The molecule has 0 radical (unpaired) electrons. The van der Waals surface area contributed by atoms with Crippen molar-refractivity contribution in [1.82, 2.24) is 9.55 Å². The molecule has 0 aliphatic rings. The first-order valence-corrected chi connectivity index (χ1v) is 12.0. The summed E-state index contributed by atoms with van der Waals surface area (Å²) in [5.74, 6) is -0.735. The number of Topliss-reactive ketones (excluding diaryl/α,β-unsaturated/α-hetero) is 1. The molecule has 0 unspecified atom stereocenters. The first-order chi connectivity index (χ1) is 17.2. The van der Waals surface area contributed by atoms with Gasteiger partial charge in [-0.1, -0.05) is 12.1 Å². The molecule has 3 N–H and O–H groups in total. The number of aromatic nitrogens is 2. The third-order valence-electron chi connectivity index (χ3n) is 6.17. The van der Waals surface area contributed by atoms with E-state index in [1.54, 1.807) is 43.4 Å². The van der Waals surface area contributed by atoms with Gasteiger partial charge in [-0.15, -0.1) is 11.3 Å². The Morgan fingerprint density at radius 1 is 1.11 bits per heavy atom. The number of phenolic OH excluding ortho intramolecular Hbond substituents is 1. The summed E-state index contributed by atoms with van der Waals surface area (Å²) in [4.78, 5) is 32.2. The van der Waals surface area contributed by atoms with E-state index < -0.39 is 17.4 Å². The summed E-state index contributed by atoms with van der Waals surface area (Å²) in [7, 11) is 4.39. The van der Waals surface area contributed by atoms with E-state index >= 15 is 0 Å². The van der Waals surface area contributed by atoms with Crippen LogP contribution >= 0.6 is 11.3 Å². The molecule has 4 aromatic rings. The lowest BCUT2D eigenvalue weighted by molar-refractivity contribution is 0.0972. The Kier molecular flexibility index (Phi) is 6.89. The summed E-state index contributed by atoms with van der Waals surface area (Å²) in [5, 5.41) is 25.5. The van der Waals surface area contributed by atoms with Gasteiger partial charge in [0.15, 0.2) is 22.4 Å². The van der Waals surface area contributed by atoms with Crippen LogP contribution < -0.4 is 20.3 Å². The summed E-state index contributed by atoms with van der Waals surface area (Å²) in [5.41, 5.74) is 1.07. The maximum absolute atomic E-state index is 13.6. The van der Waals surface area contributed by atoms with Crippen molar-refractivity contribution < 1.29 is 24.5 Å². The lowest BCUT2D eigenvalue weighted by Crippen LogP contribution is -2.26. The molecule has 0 saturated carbocycles. The number of thiazole rings is 1. The number of anilines is 1. The second-order valence-corrected chi connectivity index (χ2v) is 9.57. The number of nitrogens with one attached hydrogen (secondary N) is 1. The van der Waals surface area contributed by atoms with Crippen LogP contribution in [0.2, 0.25) is 0 Å². The monoisotopic (exact) mass is 509 g/mol. The van der Waals surface area contributed by atoms with Crippen molar-refractivity contribution in [2.24, 2.45) is 7.05 Å². The summed E-state index contributed by atoms with van der Waals surface area (Å²) >= 11 is 1.43. The Morgan fingerprint density at radius 2 is 1.75 bits per heavy atom. The van der Waals surface area contributed by atoms with Gasteiger partial charge in [-0.25, -0.2) is 4.98 Å². The highest BCUT2D eigenvalue weighted by Crippen LogP contribution is 2.41. The first-order valence-electron chi connectivity index (χ1n) is 11.2. The largest absolute Gasteiger partial charge is 0.506 e. The number of rotatable bonds is 8. The van der Waals surface area contributed by atoms with Crippen LogP contribution in [0.25, 0.3) is 10.9 Å². The zero-order valence-electron chi connectivity index (χ0n) is 20.6. The molecule has 2 aromatic carbocycles. The minimum absolute atomic E-state index is 0.166. The number of fused-ring (bicyclic) bond motifs is 1. The third kappa shape index (κ3) is 4.47. The van der Waals surface area contributed by atoms with Crippen molar-refractivity contribution in [3.05, 3.63) is 68.4 Å². The number of pyridine rings is 1. The number of methoxy groups -OCH3 is 2. The predicted octanol–water partition coefficient (Wildman–Crippen LogP) is 4.47. The highest BCUT2D eigenvalue weighted by Gasteiger charge is 2.27. The van der Waals surface area contributed by atoms with Gasteiger partial charge in [-0.3, -0.25) is 9.59 Å². The summed E-state index contributed by atoms with van der Waals surface area (Å²) in [6.45, 7) is 3.84. The number of aromatic hydroxyl groups is 2. The van der Waals surface area contributed by atoms with E-state index in [0.29, 0.717) is 21.6 Å². The summed E-state index contributed by atoms with van der Waals surface area (Å²) < 4.78 is 11.9. The van der Waals surface area contributed by atoms with Crippen molar-refractivity contribution in [3.8, 4) is 23.0 Å². The Hall–Kier alpha value is -4.05. The number of ketones is 1. The minimum atomic E-state index is -0.679. The van der Waals surface area contributed by atoms with E-state index in [2.05, 4.69) is 10.3 Å². The van der Waals surface area contributed by atoms with Gasteiger partial charge in [-0.05, 0) is 43.7 Å². The van der Waals surface area contributed by atoms with Gasteiger partial charge in [-0.2, -0.15) is 0 Å². The van der Waals surface area contributed by atoms with Crippen LogP contribution in [0.5, 0.6) is 23.0 Å². The SMILES string of the molecule is COc1cc([C@@H](CC(=O)c2c(O)c3ccccc3n(C)c2=O)Nc2nc(C)c(C)s2)cc(OC)c1O. The van der Waals surface area contributed by atoms with Crippen molar-refractivity contribution in [3.63, 3.8) is 0 Å². The average Bonchev–Trinajstić information content (AvgIpc) is 3.18. The zero-order chi connectivity index (χ0) is 26.1. The number of hydrogen-bond acceptors (Lipinski definition) is 9. The highest BCUT2D eigenvalue weighted by atomic mass is 32.1. The van der Waals surface area contributed by atoms with E-state index in [1.807, 2.05) is 13.8 Å². The molecule has 0 aliphatic heterocycles. The fourth-order valence-corrected chi connectivity index (χ4v) is 4.94. The molecule has 0 spiro atoms. The molecule has 9 nitrogen and oxygen atoms in total. The lowest BCUT2D eigenvalue weighted by Gasteiger charge is -2.21. The van der Waals surface area contributed by atoms with E-state index in [1.165, 1.54) is 30.1 Å². The molecule has 188 valence electrons. The number of aryl methyl sites for hydroxylation is 3. The number of ether oxygens (including phenoxy) is 2. The first kappa shape index (κ1) is 25.1. The van der Waals surface area contributed by atoms with Gasteiger partial charge in [0, 0.05) is 23.7 Å². The maximum Gasteiger partial charge on any atom is 0.265 e. The highest BCUT2D eigenvalue weighted by molar-refractivity contribution is 7.15. The van der Waals surface area contributed by atoms with Crippen molar-refractivity contribution >= 4 is 33.2 Å². The van der Waals surface area contributed by atoms with Crippen LogP contribution in [0.3, 0.4) is 0 Å². The molecule has 10 heteroatoms. The minimum Gasteiger partial charge on any atom is -0.506 e. The number of phenols is 1. The van der Waals surface area contributed by atoms with Crippen molar-refractivity contribution in [2.75, 3.05) is 19.5 Å². The molecule has 2 heterocycles. The number of nitrogens with zero attached hydrogens (tertiary/aromatic N) is 2. The number of carbonyl (C=O) groups excluding carboxylic acids is 1. The summed E-state index contributed by atoms with van der Waals surface area (Å²) in [6.07, 6.45) is -0.185. The number of carbonyl (C=O) groups is 1.